The third kappa shape index (κ3) is 0.822. The molecule has 1 aromatic rings. The van der Waals surface area contributed by atoms with E-state index in [0.717, 1.165) is 18.5 Å². The minimum atomic E-state index is -0.226. The molecule has 2 N–H and O–H groups in total. The van der Waals surface area contributed by atoms with Crippen LogP contribution in [-0.4, -0.2) is 4.98 Å². The van der Waals surface area contributed by atoms with Crippen molar-refractivity contribution in [2.45, 2.75) is 18.4 Å². The number of hydrogen-bond donors (Lipinski definition) is 1. The average molecular weight is 159 g/mol. The van der Waals surface area contributed by atoms with Crippen LogP contribution in [-0.2, 0) is 5.54 Å². The van der Waals surface area contributed by atoms with Crippen LogP contribution in [0.3, 0.4) is 0 Å². The highest BCUT2D eigenvalue weighted by molar-refractivity contribution is 6.27. The lowest BCUT2D eigenvalue weighted by molar-refractivity contribution is 0.555. The van der Waals surface area contributed by atoms with Gasteiger partial charge in [-0.15, -0.1) is 0 Å². The number of rotatable bonds is 1. The zero-order chi connectivity index (χ0) is 7.19. The Balaban J connectivity index is 2.34. The highest BCUT2D eigenvalue weighted by atomic mass is 35.5. The molecule has 0 spiro atoms. The summed E-state index contributed by atoms with van der Waals surface area (Å²) in [4.78, 5) is 3.92. The van der Waals surface area contributed by atoms with E-state index in [-0.39, 0.29) is 10.9 Å². The van der Waals surface area contributed by atoms with Gasteiger partial charge in [-0.05, 0) is 24.4 Å². The van der Waals surface area contributed by atoms with Crippen molar-refractivity contribution in [3.63, 3.8) is 0 Å². The van der Waals surface area contributed by atoms with Crippen LogP contribution in [0, 0.1) is 0 Å². The van der Waals surface area contributed by atoms with Gasteiger partial charge in [0.1, 0.15) is 12.0 Å². The molecule has 0 amide bonds. The minimum Gasteiger partial charge on any atom is -0.436 e. The molecule has 4 heteroatoms. The lowest BCUT2D eigenvalue weighted by Gasteiger charge is -1.99. The zero-order valence-corrected chi connectivity index (χ0v) is 6.06. The van der Waals surface area contributed by atoms with Gasteiger partial charge in [-0.25, -0.2) is 4.98 Å². The predicted octanol–water partition coefficient (Wildman–Crippen LogP) is 1.28. The van der Waals surface area contributed by atoms with Gasteiger partial charge in [-0.3, -0.25) is 0 Å². The van der Waals surface area contributed by atoms with Crippen molar-refractivity contribution in [3.8, 4) is 0 Å². The summed E-state index contributed by atoms with van der Waals surface area (Å²) in [6, 6.07) is 0. The first-order chi connectivity index (χ1) is 4.71. The second kappa shape index (κ2) is 1.74. The first-order valence-electron chi connectivity index (χ1n) is 3.11. The topological polar surface area (TPSA) is 52.0 Å². The Morgan fingerprint density at radius 1 is 1.70 bits per heavy atom. The lowest BCUT2D eigenvalue weighted by Crippen LogP contribution is -2.18. The van der Waals surface area contributed by atoms with E-state index in [2.05, 4.69) is 4.98 Å². The predicted molar refractivity (Wildman–Crippen MR) is 36.6 cm³/mol. The first-order valence-corrected chi connectivity index (χ1v) is 3.49. The van der Waals surface area contributed by atoms with E-state index in [9.17, 15) is 0 Å². The molecule has 0 radical (unpaired) electrons. The maximum absolute atomic E-state index is 5.80. The Kier molecular flexibility index (Phi) is 1.08. The summed E-state index contributed by atoms with van der Waals surface area (Å²) in [6.45, 7) is 0. The van der Waals surface area contributed by atoms with Crippen molar-refractivity contribution >= 4 is 11.6 Å². The van der Waals surface area contributed by atoms with Gasteiger partial charge in [-0.2, -0.15) is 0 Å². The second-order valence-electron chi connectivity index (χ2n) is 2.64. The molecule has 2 rings (SSSR count). The number of oxazole rings is 1. The fourth-order valence-corrected chi connectivity index (χ4v) is 1.01. The van der Waals surface area contributed by atoms with E-state index >= 15 is 0 Å². The fourth-order valence-electron chi connectivity index (χ4n) is 0.871. The molecule has 1 heterocycles. The maximum atomic E-state index is 5.80. The summed E-state index contributed by atoms with van der Waals surface area (Å²) in [5.41, 5.74) is 6.35. The molecule has 10 heavy (non-hydrogen) atoms. The van der Waals surface area contributed by atoms with Gasteiger partial charge >= 0.3 is 0 Å². The van der Waals surface area contributed by atoms with Crippen LogP contribution < -0.4 is 5.73 Å². The molecule has 1 aliphatic rings. The number of nitrogens with two attached hydrogens (primary N) is 1. The molecule has 1 fully saturated rings. The van der Waals surface area contributed by atoms with Crippen molar-refractivity contribution < 1.29 is 4.42 Å². The van der Waals surface area contributed by atoms with Crippen LogP contribution in [0.2, 0.25) is 5.35 Å². The summed E-state index contributed by atoms with van der Waals surface area (Å²) >= 11 is 5.46. The summed E-state index contributed by atoms with van der Waals surface area (Å²) in [6.07, 6.45) is 3.49. The van der Waals surface area contributed by atoms with E-state index < -0.39 is 0 Å². The first kappa shape index (κ1) is 6.19. The van der Waals surface area contributed by atoms with Gasteiger partial charge < -0.3 is 10.2 Å². The highest BCUT2D eigenvalue weighted by Gasteiger charge is 2.42. The van der Waals surface area contributed by atoms with Gasteiger partial charge in [0.2, 0.25) is 0 Å². The molecular formula is C6H7ClN2O. The van der Waals surface area contributed by atoms with E-state index in [4.69, 9.17) is 21.8 Å². The average Bonchev–Trinajstić information content (AvgIpc) is 2.45. The smallest absolute Gasteiger partial charge is 0.292 e. The minimum absolute atomic E-state index is 0.173. The van der Waals surface area contributed by atoms with E-state index in [1.807, 2.05) is 0 Å². The third-order valence-corrected chi connectivity index (χ3v) is 1.95. The Morgan fingerprint density at radius 2 is 2.40 bits per heavy atom. The number of aromatic nitrogens is 1. The molecule has 0 aliphatic heterocycles. The third-order valence-electron chi connectivity index (χ3n) is 1.77. The molecule has 1 saturated carbocycles. The van der Waals surface area contributed by atoms with Gasteiger partial charge in [0, 0.05) is 0 Å². The molecule has 54 valence electrons. The number of halogens is 1. The van der Waals surface area contributed by atoms with Gasteiger partial charge in [0.15, 0.2) is 0 Å². The van der Waals surface area contributed by atoms with Gasteiger partial charge in [-0.1, -0.05) is 0 Å². The Bertz CT molecular complexity index is 254. The Morgan fingerprint density at radius 3 is 2.80 bits per heavy atom. The van der Waals surface area contributed by atoms with Crippen LogP contribution in [0.1, 0.15) is 18.5 Å². The largest absolute Gasteiger partial charge is 0.436 e. The van der Waals surface area contributed by atoms with E-state index in [0.29, 0.717) is 0 Å². The van der Waals surface area contributed by atoms with Crippen molar-refractivity contribution in [1.29, 1.82) is 0 Å². The summed E-state index contributed by atoms with van der Waals surface area (Å²) in [5, 5.41) is 0.173. The van der Waals surface area contributed by atoms with Crippen LogP contribution in [0.4, 0.5) is 0 Å². The van der Waals surface area contributed by atoms with Crippen molar-refractivity contribution in [1.82, 2.24) is 4.98 Å². The number of nitrogens with zero attached hydrogens (tertiary/aromatic N) is 1. The standard InChI is InChI=1S/C6H7ClN2O/c7-5-9-4(3-10-5)6(8)1-2-6/h3H,1-2,8H2. The maximum Gasteiger partial charge on any atom is 0.292 e. The molecule has 1 aromatic heterocycles. The molecule has 1 aliphatic carbocycles. The number of hydrogen-bond acceptors (Lipinski definition) is 3. The quantitative estimate of drug-likeness (QED) is 0.670. The molecule has 0 unspecified atom stereocenters. The molecular weight excluding hydrogens is 152 g/mol. The zero-order valence-electron chi connectivity index (χ0n) is 5.30. The monoisotopic (exact) mass is 158 g/mol. The highest BCUT2D eigenvalue weighted by Crippen LogP contribution is 2.42. The van der Waals surface area contributed by atoms with Crippen LogP contribution in [0.5, 0.6) is 0 Å². The summed E-state index contributed by atoms with van der Waals surface area (Å²) < 4.78 is 4.81. The molecule has 0 bridgehead atoms. The Labute approximate surface area is 63.2 Å². The summed E-state index contributed by atoms with van der Waals surface area (Å²) in [7, 11) is 0. The Hall–Kier alpha value is -0.540. The molecule has 0 aromatic carbocycles. The van der Waals surface area contributed by atoms with Crippen LogP contribution in [0.15, 0.2) is 10.7 Å². The molecule has 0 atom stereocenters. The van der Waals surface area contributed by atoms with Gasteiger partial charge in [0.25, 0.3) is 5.35 Å². The lowest BCUT2D eigenvalue weighted by atomic mass is 10.2. The van der Waals surface area contributed by atoms with Crippen LogP contribution >= 0.6 is 11.6 Å². The van der Waals surface area contributed by atoms with Crippen molar-refractivity contribution in [2.24, 2.45) is 5.73 Å². The van der Waals surface area contributed by atoms with Gasteiger partial charge in [0.05, 0.1) is 5.54 Å². The van der Waals surface area contributed by atoms with Crippen molar-refractivity contribution in [3.05, 3.63) is 17.3 Å². The summed E-state index contributed by atoms with van der Waals surface area (Å²) in [5.74, 6) is 0. The molecule has 0 saturated heterocycles. The fraction of sp³-hybridized carbons (Fsp3) is 0.500. The molecule has 3 nitrogen and oxygen atoms in total. The van der Waals surface area contributed by atoms with Crippen molar-refractivity contribution in [2.75, 3.05) is 0 Å². The normalized spacial score (nSPS) is 21.0. The van der Waals surface area contributed by atoms with Crippen LogP contribution in [0.25, 0.3) is 0 Å². The second-order valence-corrected chi connectivity index (χ2v) is 2.97. The van der Waals surface area contributed by atoms with E-state index in [1.165, 1.54) is 6.26 Å². The van der Waals surface area contributed by atoms with E-state index in [1.54, 1.807) is 0 Å². The SMILES string of the molecule is NC1(c2coc(Cl)n2)CC1.